The molecule has 5 N–H and O–H groups in total. The van der Waals surface area contributed by atoms with Crippen LogP contribution in [0, 0.1) is 16.7 Å². The van der Waals surface area contributed by atoms with E-state index in [1.807, 2.05) is 52.0 Å². The molecular formula is C80H91N4O21S2+. The van der Waals surface area contributed by atoms with E-state index in [1.165, 1.54) is 64.1 Å². The van der Waals surface area contributed by atoms with Gasteiger partial charge in [0.25, 0.3) is 16.0 Å². The Morgan fingerprint density at radius 3 is 1.99 bits per heavy atom. The molecule has 0 spiro atoms. The van der Waals surface area contributed by atoms with Crippen LogP contribution < -0.4 is 24.9 Å². The van der Waals surface area contributed by atoms with Gasteiger partial charge in [-0.3, -0.25) is 28.5 Å². The van der Waals surface area contributed by atoms with Gasteiger partial charge in [0.2, 0.25) is 15.4 Å². The lowest BCUT2D eigenvalue weighted by Gasteiger charge is -2.67. The van der Waals surface area contributed by atoms with E-state index in [-0.39, 0.29) is 66.5 Å². The van der Waals surface area contributed by atoms with Crippen molar-refractivity contribution in [1.29, 1.82) is 0 Å². The molecule has 5 aromatic carbocycles. The van der Waals surface area contributed by atoms with Crippen molar-refractivity contribution in [2.24, 2.45) is 16.7 Å². The molecule has 5 aromatic rings. The van der Waals surface area contributed by atoms with Crippen molar-refractivity contribution in [3.05, 3.63) is 179 Å². The topological polar surface area (TPSA) is 347 Å². The van der Waals surface area contributed by atoms with Gasteiger partial charge < -0.3 is 53.3 Å². The number of carbonyl (C=O) groups excluding carboxylic acids is 7. The molecule has 1 amide bonds. The van der Waals surface area contributed by atoms with E-state index < -0.39 is 155 Å². The van der Waals surface area contributed by atoms with E-state index >= 15 is 4.79 Å². The molecule has 2 unspecified atom stereocenters. The first-order valence-electron chi connectivity index (χ1n) is 35.9. The molecule has 2 saturated carbocycles. The first-order chi connectivity index (χ1) is 50.8. The molecule has 25 nitrogen and oxygen atoms in total. The van der Waals surface area contributed by atoms with Crippen LogP contribution in [0.3, 0.4) is 0 Å². The van der Waals surface area contributed by atoms with Crippen LogP contribution in [0.15, 0.2) is 171 Å². The van der Waals surface area contributed by atoms with Crippen molar-refractivity contribution in [3.8, 4) is 22.5 Å². The summed E-state index contributed by atoms with van der Waals surface area (Å²) < 4.78 is 115. The number of carbonyl (C=O) groups is 7. The molecule has 2 heterocycles. The highest BCUT2D eigenvalue weighted by molar-refractivity contribution is 7.89. The number of fused-ring (bicyclic) bond motifs is 7. The predicted molar refractivity (Wildman–Crippen MR) is 393 cm³/mol. The van der Waals surface area contributed by atoms with Gasteiger partial charge in [0.05, 0.1) is 40.5 Å². The number of nitrogens with one attached hydrogen (secondary N) is 2. The Kier molecular flexibility index (Phi) is 23.0. The highest BCUT2D eigenvalue weighted by atomic mass is 32.2. The van der Waals surface area contributed by atoms with E-state index in [2.05, 4.69) is 19.5 Å². The van der Waals surface area contributed by atoms with Gasteiger partial charge in [-0.15, -0.1) is 0 Å². The fourth-order valence-corrected chi connectivity index (χ4v) is 18.1. The maximum Gasteiger partial charge on any atom is 0.338 e. The van der Waals surface area contributed by atoms with E-state index in [1.54, 1.807) is 78.9 Å². The average Bonchev–Trinajstić information content (AvgIpc) is 0.667. The Labute approximate surface area is 621 Å². The number of esters is 5. The van der Waals surface area contributed by atoms with E-state index in [0.29, 0.717) is 59.6 Å². The number of amides is 1. The van der Waals surface area contributed by atoms with Gasteiger partial charge >= 0.3 is 29.8 Å². The van der Waals surface area contributed by atoms with Crippen molar-refractivity contribution >= 4 is 78.3 Å². The number of Topliss-reactive ketones (excluding diaryl/α,β-unsaturated/α-hetero) is 1. The van der Waals surface area contributed by atoms with Crippen molar-refractivity contribution in [2.75, 3.05) is 44.2 Å². The zero-order chi connectivity index (χ0) is 77.3. The van der Waals surface area contributed by atoms with Crippen molar-refractivity contribution < 1.29 is 98.0 Å². The summed E-state index contributed by atoms with van der Waals surface area (Å²) in [6, 6.07) is 37.0. The highest BCUT2D eigenvalue weighted by Crippen LogP contribution is 2.65. The molecule has 27 heteroatoms. The van der Waals surface area contributed by atoms with Gasteiger partial charge in [-0.2, -0.15) is 8.42 Å². The molecule has 568 valence electrons. The van der Waals surface area contributed by atoms with Gasteiger partial charge in [-0.1, -0.05) is 93.1 Å². The lowest BCUT2D eigenvalue weighted by atomic mass is 9.44. The van der Waals surface area contributed by atoms with Crippen LogP contribution in [0.5, 0.6) is 0 Å². The lowest BCUT2D eigenvalue weighted by molar-refractivity contribution is -0.346. The van der Waals surface area contributed by atoms with Crippen molar-refractivity contribution in [3.63, 3.8) is 0 Å². The van der Waals surface area contributed by atoms with Gasteiger partial charge in [0, 0.05) is 104 Å². The fourth-order valence-electron chi connectivity index (χ4n) is 16.2. The number of sulfonamides is 1. The van der Waals surface area contributed by atoms with Gasteiger partial charge in [0.1, 0.15) is 59.3 Å². The number of rotatable bonds is 26. The zero-order valence-electron chi connectivity index (χ0n) is 61.4. The second-order valence-electron chi connectivity index (χ2n) is 28.3. The highest BCUT2D eigenvalue weighted by Gasteiger charge is 2.79. The molecule has 11 atom stereocenters. The minimum Gasteiger partial charge on any atom is -0.461 e. The first kappa shape index (κ1) is 78.6. The lowest BCUT2D eigenvalue weighted by Crippen LogP contribution is -2.82. The maximum absolute atomic E-state index is 16.6. The monoisotopic (exact) mass is 1510 g/mol. The number of aliphatic hydroxyl groups excluding tert-OH is 1. The molecule has 3 fully saturated rings. The second-order valence-corrected chi connectivity index (χ2v) is 31.5. The molecule has 107 heavy (non-hydrogen) atoms. The van der Waals surface area contributed by atoms with Crippen LogP contribution in [0.2, 0.25) is 0 Å². The summed E-state index contributed by atoms with van der Waals surface area (Å²) >= 11 is 0. The fraction of sp³-hybridized carbons (Fsp3) is 0.425. The smallest absolute Gasteiger partial charge is 0.338 e. The molecule has 0 aromatic heterocycles. The summed E-state index contributed by atoms with van der Waals surface area (Å²) in [6.07, 6.45) is -11.5. The molecule has 2 bridgehead atoms. The quantitative estimate of drug-likeness (QED) is 0.00641. The molecule has 11 rings (SSSR count). The van der Waals surface area contributed by atoms with E-state index in [9.17, 15) is 60.4 Å². The normalized spacial score (nSPS) is 23.7. The van der Waals surface area contributed by atoms with Crippen LogP contribution in [0.25, 0.3) is 33.4 Å². The SMILES string of the molecule is CCN(CC)c1ccc2c(-c3ccc(S(=O)(=O)NCCCCCC(=O)O[C@H]4C[C@H]5OC[C@@]5(OC(C)=O)C5C(OC(=O)c6ccccc6)[C@]6(O)C[C@H](OC(=O)[C@H](O)[C@@H](NC(=O)c7ccccc7)c7ccccc7)C(C)=C([C@@H](OC(C)=O)C(=O)[C@@]54C)C6(C)C)cc3S(=O)(=O)O)c3ccc(=[N+](CC)CC)cc-3oc2c1. The number of nitrogens with zero attached hydrogens (tertiary/aromatic N) is 2. The van der Waals surface area contributed by atoms with E-state index in [0.717, 1.165) is 31.0 Å². The van der Waals surface area contributed by atoms with Crippen LogP contribution in [0.4, 0.5) is 5.69 Å². The minimum atomic E-state index is -5.12. The Morgan fingerprint density at radius 1 is 0.738 bits per heavy atom. The summed E-state index contributed by atoms with van der Waals surface area (Å²) in [5.41, 5.74) is -6.00. The standard InChI is InChI=1S/C80H90N4O21S2/c1-11-83(12-2)53-34-37-56-59(41-53)101-60-42-54(84(13-3)14-4)35-38-57(60)66(56)58-39-36-55(43-62(58)107(96,97)98)106(94,95)81-40-26-18-25-33-65(87)103-63-44-64-79(46-99-64,105-49(7)86)71-73(104-75(91)52-31-23-17-24-32-52)80(93)45-61(47(5)67(77(80,8)9)70(100-48(6)85)72(89)78(63,71)10)102-76(92)69(88)68(50-27-19-15-20-28-50)82-74(90)51-29-21-16-22-30-51/h15-17,19-24,27-32,34-39,41-43,61,63-64,68-71,73,81,88,93H,11-14,18,25-26,33,40,44-46H2,1-10H3,(H-,82,90,96,97,98)/p+1/t61-,63-,64+,68-,69+,70+,71?,73?,78+,79-,80+/m0/s1. The van der Waals surface area contributed by atoms with Gasteiger partial charge in [-0.25, -0.2) is 27.3 Å². The third-order valence-electron chi connectivity index (χ3n) is 21.8. The molecule has 0 radical (unpaired) electrons. The number of aliphatic hydroxyl groups is 2. The second kappa shape index (κ2) is 31.4. The minimum absolute atomic E-state index is 0.0206. The van der Waals surface area contributed by atoms with Crippen molar-refractivity contribution in [2.45, 2.75) is 171 Å². The summed E-state index contributed by atoms with van der Waals surface area (Å²) in [5.74, 6) is -8.03. The predicted octanol–water partition coefficient (Wildman–Crippen LogP) is 9.25. The Hall–Kier alpha value is -9.48. The van der Waals surface area contributed by atoms with Crippen LogP contribution in [-0.2, 0) is 72.5 Å². The Bertz CT molecular complexity index is 4880. The Balaban J connectivity index is 0.878. The molecule has 1 saturated heterocycles. The van der Waals surface area contributed by atoms with Crippen LogP contribution in [0.1, 0.15) is 140 Å². The molecule has 6 aliphatic rings. The summed E-state index contributed by atoms with van der Waals surface area (Å²) in [4.78, 5) is 103. The summed E-state index contributed by atoms with van der Waals surface area (Å²) in [6.45, 7) is 18.3. The Morgan fingerprint density at radius 2 is 1.38 bits per heavy atom. The largest absolute Gasteiger partial charge is 0.461 e. The zero-order valence-corrected chi connectivity index (χ0v) is 63.0. The van der Waals surface area contributed by atoms with Crippen LogP contribution in [-0.4, -0.2) is 160 Å². The number of ketones is 1. The molecule has 2 aliphatic heterocycles. The summed E-state index contributed by atoms with van der Waals surface area (Å²) in [7, 11) is -9.60. The number of ether oxygens (including phenoxy) is 6. The number of benzene rings is 6. The van der Waals surface area contributed by atoms with Gasteiger partial charge in [-0.05, 0) is 126 Å². The van der Waals surface area contributed by atoms with Crippen molar-refractivity contribution in [1.82, 2.24) is 14.6 Å². The average molecular weight is 1510 g/mol. The van der Waals surface area contributed by atoms with E-state index in [4.69, 9.17) is 32.8 Å². The maximum atomic E-state index is 16.6. The number of hydrogen-bond donors (Lipinski definition) is 5. The molecular weight excluding hydrogens is 1420 g/mol. The third kappa shape index (κ3) is 15.2. The number of anilines is 1. The number of hydrogen-bond acceptors (Lipinski definition) is 21. The van der Waals surface area contributed by atoms with Gasteiger partial charge in [0.15, 0.2) is 23.6 Å². The third-order valence-corrected chi connectivity index (χ3v) is 24.2. The summed E-state index contributed by atoms with van der Waals surface area (Å²) in [5, 5.41) is 30.5. The molecule has 4 aliphatic carbocycles. The van der Waals surface area contributed by atoms with Crippen LogP contribution >= 0.6 is 0 Å². The first-order valence-corrected chi connectivity index (χ1v) is 38.9. The number of unbranched alkanes of at least 4 members (excludes halogenated alkanes) is 2.